The van der Waals surface area contributed by atoms with Crippen LogP contribution in [-0.2, 0) is 4.74 Å². The van der Waals surface area contributed by atoms with Crippen molar-refractivity contribution in [3.05, 3.63) is 0 Å². The number of hydrogen-bond acceptors (Lipinski definition) is 1. The minimum atomic E-state index is 0.423. The summed E-state index contributed by atoms with van der Waals surface area (Å²) in [6, 6.07) is 0. The third kappa shape index (κ3) is 2.02. The van der Waals surface area contributed by atoms with Crippen molar-refractivity contribution in [3.8, 4) is 0 Å². The summed E-state index contributed by atoms with van der Waals surface area (Å²) in [5.41, 5.74) is 0.479. The molecule has 0 amide bonds. The van der Waals surface area contributed by atoms with E-state index in [-0.39, 0.29) is 0 Å². The van der Waals surface area contributed by atoms with Crippen molar-refractivity contribution in [1.82, 2.24) is 0 Å². The summed E-state index contributed by atoms with van der Waals surface area (Å²) in [6.07, 6.45) is 6.29. The highest BCUT2D eigenvalue weighted by atomic mass is 35.5. The van der Waals surface area contributed by atoms with Crippen molar-refractivity contribution >= 4 is 11.6 Å². The fourth-order valence-corrected chi connectivity index (χ4v) is 3.32. The Morgan fingerprint density at radius 2 is 2.23 bits per heavy atom. The van der Waals surface area contributed by atoms with Crippen LogP contribution in [0.1, 0.15) is 39.0 Å². The van der Waals surface area contributed by atoms with E-state index >= 15 is 0 Å². The van der Waals surface area contributed by atoms with Crippen LogP contribution in [0.3, 0.4) is 0 Å². The van der Waals surface area contributed by atoms with Gasteiger partial charge in [0.25, 0.3) is 0 Å². The first kappa shape index (κ1) is 9.79. The van der Waals surface area contributed by atoms with Gasteiger partial charge in [0.15, 0.2) is 0 Å². The maximum Gasteiger partial charge on any atom is 0.0499 e. The van der Waals surface area contributed by atoms with Crippen molar-refractivity contribution in [3.63, 3.8) is 0 Å². The Bertz CT molecular complexity index is 177. The van der Waals surface area contributed by atoms with Gasteiger partial charge in [-0.3, -0.25) is 0 Å². The summed E-state index contributed by atoms with van der Waals surface area (Å²) < 4.78 is 5.55. The van der Waals surface area contributed by atoms with Crippen LogP contribution in [0.2, 0.25) is 0 Å². The number of alkyl halides is 1. The van der Waals surface area contributed by atoms with Gasteiger partial charge in [0, 0.05) is 18.6 Å². The lowest BCUT2D eigenvalue weighted by Crippen LogP contribution is -2.32. The van der Waals surface area contributed by atoms with Gasteiger partial charge in [-0.2, -0.15) is 0 Å². The van der Waals surface area contributed by atoms with Gasteiger partial charge >= 0.3 is 0 Å². The summed E-state index contributed by atoms with van der Waals surface area (Å²) in [4.78, 5) is 0. The molecule has 1 aliphatic carbocycles. The molecule has 76 valence electrons. The summed E-state index contributed by atoms with van der Waals surface area (Å²) in [5.74, 6) is 0.769. The maximum atomic E-state index is 6.17. The average Bonchev–Trinajstić information content (AvgIpc) is 2.49. The predicted octanol–water partition coefficient (Wildman–Crippen LogP) is 3.21. The maximum absolute atomic E-state index is 6.17. The second-order valence-electron chi connectivity index (χ2n) is 4.91. The van der Waals surface area contributed by atoms with Gasteiger partial charge in [0.05, 0.1) is 0 Å². The predicted molar refractivity (Wildman–Crippen MR) is 55.1 cm³/mol. The molecular weight excluding hydrogens is 184 g/mol. The van der Waals surface area contributed by atoms with Crippen LogP contribution in [0, 0.1) is 11.3 Å². The number of halogens is 1. The molecule has 2 fully saturated rings. The van der Waals surface area contributed by atoms with Gasteiger partial charge < -0.3 is 4.74 Å². The average molecular weight is 203 g/mol. The van der Waals surface area contributed by atoms with Crippen LogP contribution in [0.5, 0.6) is 0 Å². The summed E-state index contributed by atoms with van der Waals surface area (Å²) >= 11 is 6.17. The summed E-state index contributed by atoms with van der Waals surface area (Å²) in [6.45, 7) is 4.34. The van der Waals surface area contributed by atoms with E-state index < -0.39 is 0 Å². The first-order chi connectivity index (χ1) is 6.21. The largest absolute Gasteiger partial charge is 0.381 e. The van der Waals surface area contributed by atoms with Crippen molar-refractivity contribution in [1.29, 1.82) is 0 Å². The van der Waals surface area contributed by atoms with Crippen LogP contribution in [0.25, 0.3) is 0 Å². The molecule has 1 saturated heterocycles. The SMILES string of the molecule is CC1(C2CCCOC2)CCC(Cl)C1. The van der Waals surface area contributed by atoms with Gasteiger partial charge in [-0.15, -0.1) is 11.6 Å². The monoisotopic (exact) mass is 202 g/mol. The Hall–Kier alpha value is 0.250. The zero-order chi connectivity index (χ0) is 9.31. The molecule has 2 aliphatic rings. The quantitative estimate of drug-likeness (QED) is 0.594. The summed E-state index contributed by atoms with van der Waals surface area (Å²) in [7, 11) is 0. The lowest BCUT2D eigenvalue weighted by molar-refractivity contribution is -0.000329. The minimum Gasteiger partial charge on any atom is -0.381 e. The Morgan fingerprint density at radius 1 is 1.38 bits per heavy atom. The molecule has 3 atom stereocenters. The van der Waals surface area contributed by atoms with Crippen LogP contribution in [0.15, 0.2) is 0 Å². The van der Waals surface area contributed by atoms with Crippen molar-refractivity contribution in [2.24, 2.45) is 11.3 Å². The molecule has 2 rings (SSSR count). The third-order valence-electron chi connectivity index (χ3n) is 3.86. The van der Waals surface area contributed by atoms with Crippen molar-refractivity contribution in [2.75, 3.05) is 13.2 Å². The van der Waals surface area contributed by atoms with E-state index in [1.165, 1.54) is 32.1 Å². The van der Waals surface area contributed by atoms with E-state index in [0.29, 0.717) is 10.8 Å². The molecule has 0 aromatic carbocycles. The smallest absolute Gasteiger partial charge is 0.0499 e. The fraction of sp³-hybridized carbons (Fsp3) is 1.00. The molecule has 2 heteroatoms. The van der Waals surface area contributed by atoms with E-state index in [9.17, 15) is 0 Å². The molecule has 0 radical (unpaired) electrons. The molecule has 0 N–H and O–H groups in total. The van der Waals surface area contributed by atoms with Gasteiger partial charge in [-0.1, -0.05) is 6.92 Å². The Labute approximate surface area is 85.8 Å². The van der Waals surface area contributed by atoms with Gasteiger partial charge in [-0.25, -0.2) is 0 Å². The van der Waals surface area contributed by atoms with Crippen LogP contribution in [0.4, 0.5) is 0 Å². The molecule has 0 aromatic rings. The van der Waals surface area contributed by atoms with Crippen LogP contribution in [-0.4, -0.2) is 18.6 Å². The Kier molecular flexibility index (Phi) is 2.85. The molecule has 0 spiro atoms. The first-order valence-corrected chi connectivity index (χ1v) is 5.86. The van der Waals surface area contributed by atoms with Crippen molar-refractivity contribution in [2.45, 2.75) is 44.4 Å². The van der Waals surface area contributed by atoms with E-state index in [1.54, 1.807) is 0 Å². The molecule has 0 bridgehead atoms. The van der Waals surface area contributed by atoms with E-state index in [4.69, 9.17) is 16.3 Å². The van der Waals surface area contributed by atoms with E-state index in [0.717, 1.165) is 19.1 Å². The third-order valence-corrected chi connectivity index (χ3v) is 4.23. The molecule has 13 heavy (non-hydrogen) atoms. The van der Waals surface area contributed by atoms with E-state index in [1.807, 2.05) is 0 Å². The molecular formula is C11H19ClO. The van der Waals surface area contributed by atoms with Crippen LogP contribution < -0.4 is 0 Å². The van der Waals surface area contributed by atoms with Gasteiger partial charge in [0.2, 0.25) is 0 Å². The lowest BCUT2D eigenvalue weighted by atomic mass is 9.73. The fourth-order valence-electron chi connectivity index (χ4n) is 2.86. The number of hydrogen-bond donors (Lipinski definition) is 0. The number of ether oxygens (including phenoxy) is 1. The minimum absolute atomic E-state index is 0.423. The lowest BCUT2D eigenvalue weighted by Gasteiger charge is -2.36. The first-order valence-electron chi connectivity index (χ1n) is 5.42. The zero-order valence-electron chi connectivity index (χ0n) is 8.39. The van der Waals surface area contributed by atoms with Crippen molar-refractivity contribution < 1.29 is 4.74 Å². The molecule has 3 unspecified atom stereocenters. The van der Waals surface area contributed by atoms with Gasteiger partial charge in [-0.05, 0) is 43.4 Å². The standard InChI is InChI=1S/C11H19ClO/c1-11(5-4-10(12)7-11)9-3-2-6-13-8-9/h9-10H,2-8H2,1H3. The van der Waals surface area contributed by atoms with E-state index in [2.05, 4.69) is 6.92 Å². The highest BCUT2D eigenvalue weighted by Gasteiger charge is 2.41. The Balaban J connectivity index is 1.97. The Morgan fingerprint density at radius 3 is 2.77 bits per heavy atom. The second-order valence-corrected chi connectivity index (χ2v) is 5.53. The highest BCUT2D eigenvalue weighted by molar-refractivity contribution is 6.20. The topological polar surface area (TPSA) is 9.23 Å². The molecule has 1 saturated carbocycles. The molecule has 1 aliphatic heterocycles. The normalized spacial score (nSPS) is 46.6. The number of rotatable bonds is 1. The van der Waals surface area contributed by atoms with Crippen LogP contribution >= 0.6 is 11.6 Å². The molecule has 1 nitrogen and oxygen atoms in total. The summed E-state index contributed by atoms with van der Waals surface area (Å²) in [5, 5.41) is 0.423. The second kappa shape index (κ2) is 3.78. The molecule has 1 heterocycles. The zero-order valence-corrected chi connectivity index (χ0v) is 9.15. The van der Waals surface area contributed by atoms with Gasteiger partial charge in [0.1, 0.15) is 0 Å². The molecule has 0 aromatic heterocycles. The highest BCUT2D eigenvalue weighted by Crippen LogP contribution is 2.48.